The first-order valence-corrected chi connectivity index (χ1v) is 7.89. The van der Waals surface area contributed by atoms with E-state index in [9.17, 15) is 9.90 Å². The van der Waals surface area contributed by atoms with Crippen molar-refractivity contribution < 1.29 is 14.6 Å². The summed E-state index contributed by atoms with van der Waals surface area (Å²) >= 11 is 0. The van der Waals surface area contributed by atoms with E-state index in [1.165, 1.54) is 25.7 Å². The minimum Gasteiger partial charge on any atom is -0.388 e. The van der Waals surface area contributed by atoms with Crippen molar-refractivity contribution in [2.75, 3.05) is 26.3 Å². The summed E-state index contributed by atoms with van der Waals surface area (Å²) in [6, 6.07) is -0.164. The number of hydrogen-bond acceptors (Lipinski definition) is 3. The van der Waals surface area contributed by atoms with E-state index in [-0.39, 0.29) is 6.03 Å². The lowest BCUT2D eigenvalue weighted by Gasteiger charge is -2.32. The van der Waals surface area contributed by atoms with Crippen LogP contribution in [-0.4, -0.2) is 43.0 Å². The molecule has 2 rings (SSSR count). The number of urea groups is 1. The molecule has 0 aromatic rings. The van der Waals surface area contributed by atoms with Gasteiger partial charge in [-0.2, -0.15) is 0 Å². The molecular weight excluding hydrogens is 256 g/mol. The van der Waals surface area contributed by atoms with Crippen LogP contribution in [0.15, 0.2) is 0 Å². The zero-order valence-corrected chi connectivity index (χ0v) is 12.5. The minimum absolute atomic E-state index is 0.164. The van der Waals surface area contributed by atoms with Crippen LogP contribution in [-0.2, 0) is 4.74 Å². The molecule has 2 unspecified atom stereocenters. The maximum absolute atomic E-state index is 11.8. The van der Waals surface area contributed by atoms with Crippen molar-refractivity contribution >= 4 is 6.03 Å². The molecule has 1 heterocycles. The van der Waals surface area contributed by atoms with Gasteiger partial charge in [0.15, 0.2) is 0 Å². The summed E-state index contributed by atoms with van der Waals surface area (Å²) in [5.74, 6) is 1.39. The lowest BCUT2D eigenvalue weighted by atomic mass is 9.82. The van der Waals surface area contributed by atoms with Crippen LogP contribution < -0.4 is 10.6 Å². The van der Waals surface area contributed by atoms with Gasteiger partial charge in [-0.05, 0) is 24.7 Å². The molecule has 1 aliphatic carbocycles. The van der Waals surface area contributed by atoms with Gasteiger partial charge in [0.05, 0.1) is 5.60 Å². The van der Waals surface area contributed by atoms with Gasteiger partial charge < -0.3 is 20.5 Å². The summed E-state index contributed by atoms with van der Waals surface area (Å²) in [6.07, 6.45) is 6.20. The van der Waals surface area contributed by atoms with Gasteiger partial charge in [-0.1, -0.05) is 19.8 Å². The summed E-state index contributed by atoms with van der Waals surface area (Å²) in [4.78, 5) is 11.8. The Morgan fingerprint density at radius 2 is 2.05 bits per heavy atom. The second kappa shape index (κ2) is 7.27. The zero-order valence-electron chi connectivity index (χ0n) is 12.5. The molecule has 5 heteroatoms. The van der Waals surface area contributed by atoms with E-state index in [0.29, 0.717) is 38.5 Å². The molecule has 2 fully saturated rings. The number of aliphatic hydroxyl groups is 1. The van der Waals surface area contributed by atoms with E-state index in [2.05, 4.69) is 17.6 Å². The SMILES string of the molecule is CC1CCCC(CNC(=O)NCC2(O)CCOCC2)C1. The maximum Gasteiger partial charge on any atom is 0.314 e. The molecule has 1 aliphatic heterocycles. The maximum atomic E-state index is 11.8. The Balaban J connectivity index is 1.62. The summed E-state index contributed by atoms with van der Waals surface area (Å²) in [5.41, 5.74) is -0.797. The first-order valence-electron chi connectivity index (χ1n) is 7.89. The number of rotatable bonds is 4. The fourth-order valence-corrected chi connectivity index (χ4v) is 3.22. The lowest BCUT2D eigenvalue weighted by molar-refractivity contribution is -0.0600. The highest BCUT2D eigenvalue weighted by molar-refractivity contribution is 5.73. The van der Waals surface area contributed by atoms with E-state index in [1.807, 2.05) is 0 Å². The van der Waals surface area contributed by atoms with Gasteiger partial charge in [0.1, 0.15) is 0 Å². The summed E-state index contributed by atoms with van der Waals surface area (Å²) < 4.78 is 5.22. The highest BCUT2D eigenvalue weighted by Crippen LogP contribution is 2.27. The Labute approximate surface area is 121 Å². The van der Waals surface area contributed by atoms with E-state index in [0.717, 1.165) is 12.5 Å². The van der Waals surface area contributed by atoms with Crippen LogP contribution in [0.1, 0.15) is 45.4 Å². The van der Waals surface area contributed by atoms with Gasteiger partial charge in [-0.15, -0.1) is 0 Å². The van der Waals surface area contributed by atoms with Gasteiger partial charge in [-0.3, -0.25) is 0 Å². The molecule has 0 aromatic carbocycles. The normalized spacial score (nSPS) is 29.7. The van der Waals surface area contributed by atoms with Crippen molar-refractivity contribution in [1.29, 1.82) is 0 Å². The Morgan fingerprint density at radius 1 is 1.30 bits per heavy atom. The lowest BCUT2D eigenvalue weighted by Crippen LogP contribution is -2.49. The predicted octanol–water partition coefficient (Wildman–Crippen LogP) is 1.65. The second-order valence-corrected chi connectivity index (χ2v) is 6.54. The summed E-state index contributed by atoms with van der Waals surface area (Å²) in [5, 5.41) is 16.0. The second-order valence-electron chi connectivity index (χ2n) is 6.54. The number of carbonyl (C=O) groups excluding carboxylic acids is 1. The first kappa shape index (κ1) is 15.6. The predicted molar refractivity (Wildman–Crippen MR) is 77.5 cm³/mol. The Kier molecular flexibility index (Phi) is 5.66. The molecule has 3 N–H and O–H groups in total. The fourth-order valence-electron chi connectivity index (χ4n) is 3.22. The fraction of sp³-hybridized carbons (Fsp3) is 0.933. The van der Waals surface area contributed by atoms with Crippen LogP contribution in [0.25, 0.3) is 0 Å². The van der Waals surface area contributed by atoms with Crippen molar-refractivity contribution in [3.05, 3.63) is 0 Å². The third-order valence-corrected chi connectivity index (χ3v) is 4.60. The van der Waals surface area contributed by atoms with Gasteiger partial charge in [0, 0.05) is 39.1 Å². The third kappa shape index (κ3) is 4.94. The molecular formula is C15H28N2O3. The highest BCUT2D eigenvalue weighted by atomic mass is 16.5. The number of amides is 2. The molecule has 20 heavy (non-hydrogen) atoms. The van der Waals surface area contributed by atoms with E-state index >= 15 is 0 Å². The number of ether oxygens (including phenoxy) is 1. The highest BCUT2D eigenvalue weighted by Gasteiger charge is 2.30. The van der Waals surface area contributed by atoms with Crippen molar-refractivity contribution in [2.24, 2.45) is 11.8 Å². The Morgan fingerprint density at radius 3 is 2.75 bits per heavy atom. The van der Waals surface area contributed by atoms with Crippen molar-refractivity contribution in [1.82, 2.24) is 10.6 Å². The quantitative estimate of drug-likeness (QED) is 0.735. The molecule has 0 bridgehead atoms. The van der Waals surface area contributed by atoms with Crippen molar-refractivity contribution in [3.63, 3.8) is 0 Å². The van der Waals surface area contributed by atoms with Gasteiger partial charge >= 0.3 is 6.03 Å². The minimum atomic E-state index is -0.797. The van der Waals surface area contributed by atoms with Crippen molar-refractivity contribution in [2.45, 2.75) is 51.0 Å². The van der Waals surface area contributed by atoms with Crippen molar-refractivity contribution in [3.8, 4) is 0 Å². The van der Waals surface area contributed by atoms with E-state index in [4.69, 9.17) is 4.74 Å². The largest absolute Gasteiger partial charge is 0.388 e. The average molecular weight is 284 g/mol. The van der Waals surface area contributed by atoms with Crippen LogP contribution in [0, 0.1) is 11.8 Å². The summed E-state index contributed by atoms with van der Waals surface area (Å²) in [6.45, 7) is 4.48. The van der Waals surface area contributed by atoms with Gasteiger partial charge in [-0.25, -0.2) is 4.79 Å². The van der Waals surface area contributed by atoms with E-state index in [1.54, 1.807) is 0 Å². The number of hydrogen-bond donors (Lipinski definition) is 3. The summed E-state index contributed by atoms with van der Waals surface area (Å²) in [7, 11) is 0. The Bertz CT molecular complexity index is 316. The third-order valence-electron chi connectivity index (χ3n) is 4.60. The molecule has 2 amide bonds. The van der Waals surface area contributed by atoms with Crippen LogP contribution >= 0.6 is 0 Å². The molecule has 2 aliphatic rings. The number of nitrogens with one attached hydrogen (secondary N) is 2. The Hall–Kier alpha value is -0.810. The monoisotopic (exact) mass is 284 g/mol. The molecule has 0 spiro atoms. The smallest absolute Gasteiger partial charge is 0.314 e. The number of carbonyl (C=O) groups is 1. The molecule has 5 nitrogen and oxygen atoms in total. The van der Waals surface area contributed by atoms with Gasteiger partial charge in [0.25, 0.3) is 0 Å². The van der Waals surface area contributed by atoms with Crippen LogP contribution in [0.3, 0.4) is 0 Å². The molecule has 1 saturated heterocycles. The van der Waals surface area contributed by atoms with E-state index < -0.39 is 5.60 Å². The van der Waals surface area contributed by atoms with Crippen LogP contribution in [0.5, 0.6) is 0 Å². The van der Waals surface area contributed by atoms with Crippen LogP contribution in [0.4, 0.5) is 4.79 Å². The molecule has 0 aromatic heterocycles. The topological polar surface area (TPSA) is 70.6 Å². The molecule has 1 saturated carbocycles. The average Bonchev–Trinajstić information content (AvgIpc) is 2.44. The first-order chi connectivity index (χ1) is 9.57. The van der Waals surface area contributed by atoms with Crippen LogP contribution in [0.2, 0.25) is 0 Å². The standard InChI is InChI=1S/C15H28N2O3/c1-12-3-2-4-13(9-12)10-16-14(18)17-11-15(19)5-7-20-8-6-15/h12-13,19H,2-11H2,1H3,(H2,16,17,18). The van der Waals surface area contributed by atoms with Gasteiger partial charge in [0.2, 0.25) is 0 Å². The molecule has 2 atom stereocenters. The zero-order chi connectivity index (χ0) is 14.4. The molecule has 0 radical (unpaired) electrons. The molecule has 116 valence electrons.